The number of hydrogen-bond acceptors (Lipinski definition) is 4. The van der Waals surface area contributed by atoms with Crippen molar-refractivity contribution >= 4 is 33.0 Å². The molecule has 1 heterocycles. The average Bonchev–Trinajstić information content (AvgIpc) is 3.15. The molecule has 0 bridgehead atoms. The topological polar surface area (TPSA) is 92.6 Å². The minimum absolute atomic E-state index is 0.121. The molecule has 0 radical (unpaired) electrons. The Kier molecular flexibility index (Phi) is 8.01. The Bertz CT molecular complexity index is 1540. The van der Waals surface area contributed by atoms with Crippen molar-refractivity contribution in [1.29, 1.82) is 0 Å². The number of nitrogens with zero attached hydrogens (tertiary/aromatic N) is 2. The fourth-order valence-electron chi connectivity index (χ4n) is 4.27. The maximum atomic E-state index is 13.0. The number of carbonyl (C=O) groups excluding carboxylic acids is 1. The van der Waals surface area contributed by atoms with Gasteiger partial charge in [0, 0.05) is 35.1 Å². The molecule has 37 heavy (non-hydrogen) atoms. The Labute approximate surface area is 217 Å². The summed E-state index contributed by atoms with van der Waals surface area (Å²) in [5, 5.41) is 5.22. The molecule has 190 valence electrons. The number of amides is 1. The Morgan fingerprint density at radius 3 is 2.38 bits per heavy atom. The molecule has 0 fully saturated rings. The highest BCUT2D eigenvalue weighted by molar-refractivity contribution is 7.89. The molecule has 2 N–H and O–H groups in total. The molecule has 0 unspecified atom stereocenters. The van der Waals surface area contributed by atoms with Crippen LogP contribution < -0.4 is 10.1 Å². The van der Waals surface area contributed by atoms with Gasteiger partial charge >= 0.3 is 0 Å². The molecule has 1 atom stereocenters. The monoisotopic (exact) mass is 514 g/mol. The fraction of sp³-hybridized carbons (Fsp3) is 0.172. The Morgan fingerprint density at radius 1 is 1.00 bits per heavy atom. The van der Waals surface area contributed by atoms with Crippen molar-refractivity contribution in [1.82, 2.24) is 14.7 Å². The van der Waals surface area contributed by atoms with Crippen molar-refractivity contribution < 1.29 is 13.2 Å². The van der Waals surface area contributed by atoms with E-state index in [-0.39, 0.29) is 11.3 Å². The van der Waals surface area contributed by atoms with Gasteiger partial charge in [-0.3, -0.25) is 4.79 Å². The van der Waals surface area contributed by atoms with Crippen molar-refractivity contribution in [2.45, 2.75) is 37.8 Å². The number of carbonyl (C=O) groups is 1. The molecule has 4 aromatic rings. The van der Waals surface area contributed by atoms with Crippen LogP contribution in [0.1, 0.15) is 34.8 Å². The number of allylic oxidation sites excluding steroid dienone is 1. The first-order valence-electron chi connectivity index (χ1n) is 11.9. The van der Waals surface area contributed by atoms with Gasteiger partial charge in [0.25, 0.3) is 0 Å². The molecule has 1 aromatic heterocycles. The van der Waals surface area contributed by atoms with E-state index in [4.69, 9.17) is 0 Å². The van der Waals surface area contributed by atoms with Crippen molar-refractivity contribution in [3.8, 4) is 0 Å². The molecule has 8 heteroatoms. The minimum atomic E-state index is -3.85. The number of aromatic nitrogens is 1. The number of hydrogen-bond donors (Lipinski definition) is 2. The summed E-state index contributed by atoms with van der Waals surface area (Å²) in [6.45, 7) is 8.39. The van der Waals surface area contributed by atoms with E-state index in [0.29, 0.717) is 12.1 Å². The third-order valence-electron chi connectivity index (χ3n) is 6.19. The molecule has 0 saturated carbocycles. The highest BCUT2D eigenvalue weighted by Gasteiger charge is 2.23. The Morgan fingerprint density at radius 2 is 1.68 bits per heavy atom. The van der Waals surface area contributed by atoms with Crippen LogP contribution >= 0.6 is 0 Å². The van der Waals surface area contributed by atoms with Crippen molar-refractivity contribution in [3.05, 3.63) is 114 Å². The summed E-state index contributed by atoms with van der Waals surface area (Å²) in [6, 6.07) is 22.8. The van der Waals surface area contributed by atoms with E-state index in [1.165, 1.54) is 0 Å². The standard InChI is InChI=1S/C29H30N4O3S/c1-4-18-33-22(3)26(25-12-8-9-13-28(25)33)20-30-31-29(34)19-27(23-10-6-5-7-11-23)32-37(35,36)24-16-14-21(2)15-17-24/h4-17,20,27,32H,1,18-19H2,2-3H3,(H,31,34)/b30-20-/t27-/m1/s1. The van der Waals surface area contributed by atoms with Crippen LogP contribution in [-0.2, 0) is 21.4 Å². The SMILES string of the molecule is C=CCn1c(C)c(/C=N\NC(=O)C[C@@H](NS(=O)(=O)c2ccc(C)cc2)c2ccccc2)c2ccccc21. The number of para-hydroxylation sites is 1. The average molecular weight is 515 g/mol. The quantitative estimate of drug-likeness (QED) is 0.177. The summed E-state index contributed by atoms with van der Waals surface area (Å²) >= 11 is 0. The maximum Gasteiger partial charge on any atom is 0.242 e. The highest BCUT2D eigenvalue weighted by Crippen LogP contribution is 2.25. The zero-order valence-electron chi connectivity index (χ0n) is 20.9. The van der Waals surface area contributed by atoms with E-state index in [9.17, 15) is 13.2 Å². The number of rotatable bonds is 10. The third kappa shape index (κ3) is 6.04. The van der Waals surface area contributed by atoms with Gasteiger partial charge in [-0.2, -0.15) is 5.10 Å². The summed E-state index contributed by atoms with van der Waals surface area (Å²) in [5.41, 5.74) is 7.17. The molecule has 0 aliphatic rings. The molecule has 0 aliphatic heterocycles. The lowest BCUT2D eigenvalue weighted by molar-refractivity contribution is -0.121. The van der Waals surface area contributed by atoms with Crippen LogP contribution in [0.2, 0.25) is 0 Å². The zero-order chi connectivity index (χ0) is 26.4. The van der Waals surface area contributed by atoms with Crippen LogP contribution in [0.15, 0.2) is 102 Å². The number of nitrogens with one attached hydrogen (secondary N) is 2. The van der Waals surface area contributed by atoms with Crippen LogP contribution in [0.4, 0.5) is 0 Å². The van der Waals surface area contributed by atoms with Crippen molar-refractivity contribution in [2.75, 3.05) is 0 Å². The molecule has 7 nitrogen and oxygen atoms in total. The predicted octanol–water partition coefficient (Wildman–Crippen LogP) is 5.00. The van der Waals surface area contributed by atoms with E-state index in [2.05, 4.69) is 26.4 Å². The summed E-state index contributed by atoms with van der Waals surface area (Å²) in [7, 11) is -3.85. The lowest BCUT2D eigenvalue weighted by Crippen LogP contribution is -2.32. The van der Waals surface area contributed by atoms with Gasteiger partial charge in [0.05, 0.1) is 17.2 Å². The molecule has 4 rings (SSSR count). The van der Waals surface area contributed by atoms with Crippen LogP contribution in [0.5, 0.6) is 0 Å². The lowest BCUT2D eigenvalue weighted by Gasteiger charge is -2.18. The molecule has 0 spiro atoms. The molecular weight excluding hydrogens is 484 g/mol. The predicted molar refractivity (Wildman–Crippen MR) is 148 cm³/mol. The normalized spacial score (nSPS) is 12.6. The zero-order valence-corrected chi connectivity index (χ0v) is 21.7. The van der Waals surface area contributed by atoms with Crippen molar-refractivity contribution in [3.63, 3.8) is 0 Å². The first-order valence-corrected chi connectivity index (χ1v) is 13.4. The van der Waals surface area contributed by atoms with E-state index in [1.807, 2.05) is 50.3 Å². The molecule has 1 amide bonds. The number of aryl methyl sites for hydroxylation is 1. The van der Waals surface area contributed by atoms with Gasteiger partial charge in [-0.05, 0) is 37.6 Å². The Hall–Kier alpha value is -4.01. The molecule has 3 aromatic carbocycles. The lowest BCUT2D eigenvalue weighted by atomic mass is 10.0. The maximum absolute atomic E-state index is 13.0. The van der Waals surface area contributed by atoms with E-state index < -0.39 is 22.0 Å². The second kappa shape index (κ2) is 11.4. The summed E-state index contributed by atoms with van der Waals surface area (Å²) < 4.78 is 30.9. The fourth-order valence-corrected chi connectivity index (χ4v) is 5.50. The van der Waals surface area contributed by atoms with E-state index in [1.54, 1.807) is 54.7 Å². The van der Waals surface area contributed by atoms with Gasteiger partial charge in [-0.1, -0.05) is 72.3 Å². The van der Waals surface area contributed by atoms with Crippen molar-refractivity contribution in [2.24, 2.45) is 5.10 Å². The smallest absolute Gasteiger partial charge is 0.242 e. The van der Waals surface area contributed by atoms with E-state index >= 15 is 0 Å². The van der Waals surface area contributed by atoms with Gasteiger partial charge < -0.3 is 4.57 Å². The second-order valence-electron chi connectivity index (χ2n) is 8.81. The summed E-state index contributed by atoms with van der Waals surface area (Å²) in [4.78, 5) is 13.0. The molecular formula is C29H30N4O3S. The number of sulfonamides is 1. The molecule has 0 aliphatic carbocycles. The number of hydrazone groups is 1. The first-order chi connectivity index (χ1) is 17.8. The largest absolute Gasteiger partial charge is 0.340 e. The van der Waals surface area contributed by atoms with E-state index in [0.717, 1.165) is 27.7 Å². The number of fused-ring (bicyclic) bond motifs is 1. The van der Waals surface area contributed by atoms with Gasteiger partial charge in [0.15, 0.2) is 0 Å². The van der Waals surface area contributed by atoms with Gasteiger partial charge in [-0.15, -0.1) is 6.58 Å². The first kappa shape index (κ1) is 26.1. The van der Waals surface area contributed by atoms with Crippen LogP contribution in [-0.4, -0.2) is 25.1 Å². The minimum Gasteiger partial charge on any atom is -0.340 e. The van der Waals surface area contributed by atoms with Gasteiger partial charge in [-0.25, -0.2) is 18.6 Å². The number of benzene rings is 3. The van der Waals surface area contributed by atoms with Crippen LogP contribution in [0, 0.1) is 13.8 Å². The molecule has 0 saturated heterocycles. The summed E-state index contributed by atoms with van der Waals surface area (Å²) in [5.74, 6) is -0.413. The third-order valence-corrected chi connectivity index (χ3v) is 7.68. The van der Waals surface area contributed by atoms with Crippen LogP contribution in [0.3, 0.4) is 0 Å². The summed E-state index contributed by atoms with van der Waals surface area (Å²) in [6.07, 6.45) is 3.34. The Balaban J connectivity index is 1.53. The van der Waals surface area contributed by atoms with Crippen LogP contribution in [0.25, 0.3) is 10.9 Å². The highest BCUT2D eigenvalue weighted by atomic mass is 32.2. The van der Waals surface area contributed by atoms with Gasteiger partial charge in [0.1, 0.15) is 0 Å². The second-order valence-corrected chi connectivity index (χ2v) is 10.5. The van der Waals surface area contributed by atoms with Gasteiger partial charge in [0.2, 0.25) is 15.9 Å².